The van der Waals surface area contributed by atoms with Crippen LogP contribution in [0, 0.1) is 6.92 Å². The Labute approximate surface area is 157 Å². The molecule has 1 saturated heterocycles. The first-order valence-electron chi connectivity index (χ1n) is 8.89. The van der Waals surface area contributed by atoms with Gasteiger partial charge in [-0.2, -0.15) is 4.98 Å². The third-order valence-electron chi connectivity index (χ3n) is 4.73. The molecule has 3 aromatic heterocycles. The molecule has 0 amide bonds. The fraction of sp³-hybridized carbons (Fsp3) is 0.444. The number of nitrogens with zero attached hydrogens (tertiary/aromatic N) is 6. The molecule has 4 rings (SSSR count). The maximum atomic E-state index is 4.66. The van der Waals surface area contributed by atoms with Crippen molar-refractivity contribution < 1.29 is 0 Å². The van der Waals surface area contributed by atoms with Crippen molar-refractivity contribution in [2.75, 3.05) is 30.4 Å². The number of imidazole rings is 1. The van der Waals surface area contributed by atoms with Gasteiger partial charge in [-0.15, -0.1) is 11.3 Å². The van der Waals surface area contributed by atoms with Crippen LogP contribution < -0.4 is 10.2 Å². The third kappa shape index (κ3) is 3.55. The third-order valence-corrected chi connectivity index (χ3v) is 5.37. The Morgan fingerprint density at radius 3 is 3.04 bits per heavy atom. The predicted molar refractivity (Wildman–Crippen MR) is 104 cm³/mol. The van der Waals surface area contributed by atoms with E-state index in [0.717, 1.165) is 61.5 Å². The second-order valence-corrected chi connectivity index (χ2v) is 7.34. The summed E-state index contributed by atoms with van der Waals surface area (Å²) in [7, 11) is 1.89. The van der Waals surface area contributed by atoms with Gasteiger partial charge in [-0.05, 0) is 19.8 Å². The fourth-order valence-electron chi connectivity index (χ4n) is 3.50. The molecule has 0 radical (unpaired) electrons. The second-order valence-electron chi connectivity index (χ2n) is 6.62. The van der Waals surface area contributed by atoms with Crippen LogP contribution >= 0.6 is 11.3 Å². The lowest BCUT2D eigenvalue weighted by Gasteiger charge is -2.33. The topological polar surface area (TPSA) is 71.8 Å². The number of nitrogens with one attached hydrogen (secondary N) is 1. The van der Waals surface area contributed by atoms with Gasteiger partial charge in [0.2, 0.25) is 5.95 Å². The van der Waals surface area contributed by atoms with Crippen molar-refractivity contribution in [2.45, 2.75) is 32.2 Å². The first-order chi connectivity index (χ1) is 12.7. The molecule has 8 heteroatoms. The highest BCUT2D eigenvalue weighted by atomic mass is 32.1. The number of hydrogen-bond donors (Lipinski definition) is 1. The normalized spacial score (nSPS) is 17.5. The number of thiazole rings is 1. The van der Waals surface area contributed by atoms with E-state index in [-0.39, 0.29) is 0 Å². The van der Waals surface area contributed by atoms with Gasteiger partial charge >= 0.3 is 0 Å². The van der Waals surface area contributed by atoms with Crippen LogP contribution in [0.2, 0.25) is 0 Å². The Hall–Kier alpha value is -2.48. The van der Waals surface area contributed by atoms with Gasteiger partial charge in [0.15, 0.2) is 0 Å². The summed E-state index contributed by atoms with van der Waals surface area (Å²) in [6, 6.07) is 1.96. The van der Waals surface area contributed by atoms with Crippen molar-refractivity contribution in [3.8, 4) is 0 Å². The van der Waals surface area contributed by atoms with Crippen molar-refractivity contribution in [3.63, 3.8) is 0 Å². The molecule has 1 N–H and O–H groups in total. The highest BCUT2D eigenvalue weighted by molar-refractivity contribution is 7.07. The quantitative estimate of drug-likeness (QED) is 0.746. The van der Waals surface area contributed by atoms with Crippen molar-refractivity contribution >= 4 is 23.1 Å². The van der Waals surface area contributed by atoms with Crippen LogP contribution in [0.4, 0.5) is 11.8 Å². The number of aromatic nitrogens is 5. The molecule has 0 spiro atoms. The first-order valence-corrected chi connectivity index (χ1v) is 9.83. The Kier molecular flexibility index (Phi) is 4.83. The van der Waals surface area contributed by atoms with E-state index in [4.69, 9.17) is 0 Å². The summed E-state index contributed by atoms with van der Waals surface area (Å²) in [6.07, 6.45) is 6.19. The molecule has 1 atom stereocenters. The monoisotopic (exact) mass is 369 g/mol. The highest BCUT2D eigenvalue weighted by Crippen LogP contribution is 2.28. The lowest BCUT2D eigenvalue weighted by Crippen LogP contribution is -2.36. The molecule has 1 fully saturated rings. The van der Waals surface area contributed by atoms with Crippen LogP contribution in [-0.4, -0.2) is 44.6 Å². The predicted octanol–water partition coefficient (Wildman–Crippen LogP) is 2.91. The maximum absolute atomic E-state index is 4.66. The van der Waals surface area contributed by atoms with E-state index in [0.29, 0.717) is 5.92 Å². The lowest BCUT2D eigenvalue weighted by atomic mass is 9.97. The lowest BCUT2D eigenvalue weighted by molar-refractivity contribution is 0.471. The van der Waals surface area contributed by atoms with Gasteiger partial charge in [0, 0.05) is 55.6 Å². The summed E-state index contributed by atoms with van der Waals surface area (Å²) >= 11 is 1.63. The van der Waals surface area contributed by atoms with Crippen LogP contribution in [0.15, 0.2) is 29.4 Å². The summed E-state index contributed by atoms with van der Waals surface area (Å²) in [5.74, 6) is 3.17. The SMILES string of the molecule is CNc1cc(C)nc(N2CCC[C@@H](c3nccn3Cc3cscn3)C2)n1. The first kappa shape index (κ1) is 17.0. The zero-order valence-corrected chi connectivity index (χ0v) is 15.9. The standard InChI is InChI=1S/C18H23N7S/c1-13-8-16(19-2)23-18(22-13)25-6-3-4-14(9-25)17-20-5-7-24(17)10-15-11-26-12-21-15/h5,7-8,11-12,14H,3-4,6,9-10H2,1-2H3,(H,19,22,23)/t14-/m1/s1. The van der Waals surface area contributed by atoms with Crippen molar-refractivity contribution in [1.82, 2.24) is 24.5 Å². The fourth-order valence-corrected chi connectivity index (χ4v) is 4.05. The molecule has 1 aliphatic heterocycles. The minimum atomic E-state index is 0.375. The van der Waals surface area contributed by atoms with E-state index >= 15 is 0 Å². The van der Waals surface area contributed by atoms with Crippen LogP contribution in [0.5, 0.6) is 0 Å². The summed E-state index contributed by atoms with van der Waals surface area (Å²) in [6.45, 7) is 4.66. The number of anilines is 2. The van der Waals surface area contributed by atoms with E-state index in [1.165, 1.54) is 0 Å². The Balaban J connectivity index is 1.54. The molecular formula is C18H23N7S. The van der Waals surface area contributed by atoms with Gasteiger partial charge in [0.25, 0.3) is 0 Å². The van der Waals surface area contributed by atoms with E-state index in [9.17, 15) is 0 Å². The summed E-state index contributed by atoms with van der Waals surface area (Å²) in [5, 5.41) is 5.21. The highest BCUT2D eigenvalue weighted by Gasteiger charge is 2.26. The average Bonchev–Trinajstić information content (AvgIpc) is 3.34. The summed E-state index contributed by atoms with van der Waals surface area (Å²) < 4.78 is 2.22. The Bertz CT molecular complexity index is 858. The Morgan fingerprint density at radius 2 is 2.23 bits per heavy atom. The van der Waals surface area contributed by atoms with Crippen LogP contribution in [0.3, 0.4) is 0 Å². The van der Waals surface area contributed by atoms with Gasteiger partial charge in [-0.1, -0.05) is 0 Å². The minimum Gasteiger partial charge on any atom is -0.373 e. The van der Waals surface area contributed by atoms with Gasteiger partial charge in [0.1, 0.15) is 11.6 Å². The van der Waals surface area contributed by atoms with E-state index in [1.807, 2.05) is 31.7 Å². The second kappa shape index (κ2) is 7.41. The number of aryl methyl sites for hydroxylation is 1. The number of piperidine rings is 1. The molecule has 0 saturated carbocycles. The van der Waals surface area contributed by atoms with Crippen molar-refractivity contribution in [2.24, 2.45) is 0 Å². The van der Waals surface area contributed by atoms with Gasteiger partial charge in [-0.25, -0.2) is 15.0 Å². The maximum Gasteiger partial charge on any atom is 0.227 e. The van der Waals surface area contributed by atoms with E-state index in [1.54, 1.807) is 11.3 Å². The number of hydrogen-bond acceptors (Lipinski definition) is 7. The molecular weight excluding hydrogens is 346 g/mol. The number of rotatable bonds is 5. The van der Waals surface area contributed by atoms with Crippen molar-refractivity contribution in [1.29, 1.82) is 0 Å². The molecule has 7 nitrogen and oxygen atoms in total. The zero-order chi connectivity index (χ0) is 17.9. The average molecular weight is 369 g/mol. The van der Waals surface area contributed by atoms with Crippen LogP contribution in [0.1, 0.15) is 36.0 Å². The van der Waals surface area contributed by atoms with E-state index < -0.39 is 0 Å². The molecule has 0 unspecified atom stereocenters. The molecule has 4 heterocycles. The largest absolute Gasteiger partial charge is 0.373 e. The van der Waals surface area contributed by atoms with Crippen LogP contribution in [-0.2, 0) is 6.54 Å². The van der Waals surface area contributed by atoms with E-state index in [2.05, 4.69) is 46.3 Å². The molecule has 26 heavy (non-hydrogen) atoms. The summed E-state index contributed by atoms with van der Waals surface area (Å²) in [5.41, 5.74) is 3.94. The van der Waals surface area contributed by atoms with Gasteiger partial charge in [0.05, 0.1) is 17.7 Å². The molecule has 136 valence electrons. The van der Waals surface area contributed by atoms with Crippen LogP contribution in [0.25, 0.3) is 0 Å². The van der Waals surface area contributed by atoms with Gasteiger partial charge < -0.3 is 14.8 Å². The molecule has 0 aromatic carbocycles. The molecule has 3 aromatic rings. The molecule has 0 aliphatic carbocycles. The van der Waals surface area contributed by atoms with Gasteiger partial charge in [-0.3, -0.25) is 0 Å². The zero-order valence-electron chi connectivity index (χ0n) is 15.1. The Morgan fingerprint density at radius 1 is 1.31 bits per heavy atom. The summed E-state index contributed by atoms with van der Waals surface area (Å²) in [4.78, 5) is 20.6. The minimum absolute atomic E-state index is 0.375. The molecule has 1 aliphatic rings. The smallest absolute Gasteiger partial charge is 0.227 e. The van der Waals surface area contributed by atoms with Crippen molar-refractivity contribution in [3.05, 3.63) is 46.6 Å². The molecule has 0 bridgehead atoms.